The molecule has 6 heteroatoms. The van der Waals surface area contributed by atoms with Crippen molar-refractivity contribution in [3.8, 4) is 0 Å². The molecule has 154 valence electrons. The smallest absolute Gasteiger partial charge is 0.244 e. The molecule has 2 amide bonds. The molecule has 30 heavy (non-hydrogen) atoms. The van der Waals surface area contributed by atoms with Crippen molar-refractivity contribution in [3.63, 3.8) is 0 Å². The van der Waals surface area contributed by atoms with Crippen molar-refractivity contribution in [2.75, 3.05) is 0 Å². The van der Waals surface area contributed by atoms with E-state index in [9.17, 15) is 9.59 Å². The van der Waals surface area contributed by atoms with Crippen LogP contribution in [-0.2, 0) is 22.7 Å². The summed E-state index contributed by atoms with van der Waals surface area (Å²) in [5, 5.41) is 5.65. The topological polar surface area (TPSA) is 84.5 Å². The predicted molar refractivity (Wildman–Crippen MR) is 115 cm³/mol. The van der Waals surface area contributed by atoms with E-state index in [2.05, 4.69) is 10.6 Å². The second-order valence-electron chi connectivity index (χ2n) is 6.82. The van der Waals surface area contributed by atoms with Crippen LogP contribution in [0.1, 0.15) is 34.2 Å². The first-order chi connectivity index (χ1) is 14.5. The second kappa shape index (κ2) is 10.1. The van der Waals surface area contributed by atoms with Gasteiger partial charge in [-0.25, -0.2) is 0 Å². The lowest BCUT2D eigenvalue weighted by Crippen LogP contribution is -2.21. The first-order valence-corrected chi connectivity index (χ1v) is 9.60. The Kier molecular flexibility index (Phi) is 7.05. The molecule has 6 nitrogen and oxygen atoms in total. The number of benzene rings is 1. The Hall–Kier alpha value is -3.80. The van der Waals surface area contributed by atoms with E-state index >= 15 is 0 Å². The molecule has 0 aliphatic rings. The highest BCUT2D eigenvalue weighted by Crippen LogP contribution is 2.09. The van der Waals surface area contributed by atoms with Gasteiger partial charge in [-0.15, -0.1) is 0 Å². The van der Waals surface area contributed by atoms with Crippen molar-refractivity contribution >= 4 is 24.0 Å². The monoisotopic (exact) mass is 404 g/mol. The van der Waals surface area contributed by atoms with Crippen LogP contribution in [0.4, 0.5) is 0 Å². The fourth-order valence-corrected chi connectivity index (χ4v) is 2.67. The number of hydrogen-bond donors (Lipinski definition) is 2. The van der Waals surface area contributed by atoms with Crippen molar-refractivity contribution in [3.05, 3.63) is 94.9 Å². The van der Waals surface area contributed by atoms with Crippen molar-refractivity contribution < 1.29 is 18.4 Å². The van der Waals surface area contributed by atoms with E-state index in [1.807, 2.05) is 62.4 Å². The molecule has 0 saturated carbocycles. The molecule has 0 radical (unpaired) electrons. The maximum atomic E-state index is 11.9. The molecule has 0 fully saturated rings. The molecule has 0 unspecified atom stereocenters. The molecule has 1 aromatic carbocycles. The average molecular weight is 404 g/mol. The van der Waals surface area contributed by atoms with Gasteiger partial charge in [0.15, 0.2) is 0 Å². The summed E-state index contributed by atoms with van der Waals surface area (Å²) >= 11 is 0. The van der Waals surface area contributed by atoms with Gasteiger partial charge in [-0.3, -0.25) is 9.59 Å². The summed E-state index contributed by atoms with van der Waals surface area (Å²) in [6.45, 7) is 4.53. The highest BCUT2D eigenvalue weighted by molar-refractivity contribution is 5.91. The minimum absolute atomic E-state index is 0.195. The molecule has 2 heterocycles. The summed E-state index contributed by atoms with van der Waals surface area (Å²) in [6, 6.07) is 15.0. The summed E-state index contributed by atoms with van der Waals surface area (Å²) in [5.41, 5.74) is 1.93. The third-order valence-electron chi connectivity index (χ3n) is 4.28. The largest absolute Gasteiger partial charge is 0.462 e. The fraction of sp³-hybridized carbons (Fsp3) is 0.167. The Morgan fingerprint density at radius 1 is 0.700 bits per heavy atom. The Morgan fingerprint density at radius 3 is 1.43 bits per heavy atom. The number of carbonyl (C=O) groups excluding carboxylic acids is 2. The summed E-state index contributed by atoms with van der Waals surface area (Å²) < 4.78 is 10.8. The van der Waals surface area contributed by atoms with Crippen LogP contribution in [0.5, 0.6) is 0 Å². The quantitative estimate of drug-likeness (QED) is 0.553. The normalized spacial score (nSPS) is 11.3. The minimum Gasteiger partial charge on any atom is -0.462 e. The third kappa shape index (κ3) is 6.67. The van der Waals surface area contributed by atoms with E-state index in [0.717, 1.165) is 22.6 Å². The van der Waals surface area contributed by atoms with Gasteiger partial charge >= 0.3 is 0 Å². The van der Waals surface area contributed by atoms with Gasteiger partial charge in [-0.05, 0) is 61.4 Å². The number of furan rings is 2. The van der Waals surface area contributed by atoms with Crippen LogP contribution in [0.2, 0.25) is 0 Å². The zero-order valence-corrected chi connectivity index (χ0v) is 17.0. The predicted octanol–water partition coefficient (Wildman–Crippen LogP) is 4.15. The number of rotatable bonds is 8. The van der Waals surface area contributed by atoms with Crippen LogP contribution >= 0.6 is 0 Å². The van der Waals surface area contributed by atoms with Gasteiger partial charge in [-0.2, -0.15) is 0 Å². The van der Waals surface area contributed by atoms with Gasteiger partial charge in [0.1, 0.15) is 23.0 Å². The molecular weight excluding hydrogens is 380 g/mol. The molecule has 0 spiro atoms. The number of amides is 2. The van der Waals surface area contributed by atoms with E-state index in [1.54, 1.807) is 12.2 Å². The minimum atomic E-state index is -0.195. The SMILES string of the molecule is Cc1ccc(C=CC(=O)NCc2ccc(CNC(=O)C=Cc3ccc(C)o3)cc2)o1. The molecule has 0 saturated heterocycles. The summed E-state index contributed by atoms with van der Waals surface area (Å²) in [5.74, 6) is 2.49. The van der Waals surface area contributed by atoms with E-state index < -0.39 is 0 Å². The number of hydrogen-bond acceptors (Lipinski definition) is 4. The highest BCUT2D eigenvalue weighted by Gasteiger charge is 2.01. The summed E-state index contributed by atoms with van der Waals surface area (Å²) in [6.07, 6.45) is 6.16. The molecular formula is C24H24N2O4. The van der Waals surface area contributed by atoms with Gasteiger partial charge in [0.25, 0.3) is 0 Å². The zero-order chi connectivity index (χ0) is 21.3. The van der Waals surface area contributed by atoms with Gasteiger partial charge in [0.2, 0.25) is 11.8 Å². The van der Waals surface area contributed by atoms with Gasteiger partial charge in [-0.1, -0.05) is 24.3 Å². The maximum Gasteiger partial charge on any atom is 0.244 e. The maximum absolute atomic E-state index is 11.9. The number of nitrogens with one attached hydrogen (secondary N) is 2. The van der Waals surface area contributed by atoms with E-state index in [4.69, 9.17) is 8.83 Å². The Balaban J connectivity index is 1.41. The van der Waals surface area contributed by atoms with E-state index in [-0.39, 0.29) is 11.8 Å². The van der Waals surface area contributed by atoms with E-state index in [0.29, 0.717) is 24.6 Å². The van der Waals surface area contributed by atoms with Crippen LogP contribution in [0.3, 0.4) is 0 Å². The van der Waals surface area contributed by atoms with Crippen molar-refractivity contribution in [2.24, 2.45) is 0 Å². The first-order valence-electron chi connectivity index (χ1n) is 9.60. The van der Waals surface area contributed by atoms with E-state index in [1.165, 1.54) is 12.2 Å². The second-order valence-corrected chi connectivity index (χ2v) is 6.82. The Bertz CT molecular complexity index is 970. The summed E-state index contributed by atoms with van der Waals surface area (Å²) in [4.78, 5) is 23.8. The zero-order valence-electron chi connectivity index (χ0n) is 17.0. The van der Waals surface area contributed by atoms with Crippen molar-refractivity contribution in [2.45, 2.75) is 26.9 Å². The molecule has 0 atom stereocenters. The molecule has 0 aliphatic carbocycles. The van der Waals surface area contributed by atoms with Gasteiger partial charge in [0, 0.05) is 25.2 Å². The number of aryl methyl sites for hydroxylation is 2. The average Bonchev–Trinajstić information content (AvgIpc) is 3.36. The highest BCUT2D eigenvalue weighted by atomic mass is 16.3. The van der Waals surface area contributed by atoms with Crippen LogP contribution in [0, 0.1) is 13.8 Å². The van der Waals surface area contributed by atoms with Crippen LogP contribution in [0.25, 0.3) is 12.2 Å². The molecule has 0 aliphatic heterocycles. The standard InChI is InChI=1S/C24H24N2O4/c1-17-3-9-21(29-17)11-13-23(27)25-15-19-5-7-20(8-6-19)16-26-24(28)14-12-22-10-4-18(2)30-22/h3-14H,15-16H2,1-2H3,(H,25,27)(H,26,28). The summed E-state index contributed by atoms with van der Waals surface area (Å²) in [7, 11) is 0. The molecule has 2 N–H and O–H groups in total. The van der Waals surface area contributed by atoms with Crippen molar-refractivity contribution in [1.82, 2.24) is 10.6 Å². The lowest BCUT2D eigenvalue weighted by atomic mass is 10.1. The number of carbonyl (C=O) groups is 2. The fourth-order valence-electron chi connectivity index (χ4n) is 2.67. The van der Waals surface area contributed by atoms with Crippen LogP contribution < -0.4 is 10.6 Å². The lowest BCUT2D eigenvalue weighted by molar-refractivity contribution is -0.117. The first kappa shape index (κ1) is 20.9. The van der Waals surface area contributed by atoms with Crippen LogP contribution in [0.15, 0.2) is 69.5 Å². The van der Waals surface area contributed by atoms with Crippen LogP contribution in [-0.4, -0.2) is 11.8 Å². The molecule has 3 rings (SSSR count). The third-order valence-corrected chi connectivity index (χ3v) is 4.28. The molecule has 2 aromatic heterocycles. The Labute approximate surface area is 175 Å². The lowest BCUT2D eigenvalue weighted by Gasteiger charge is -2.06. The molecule has 3 aromatic rings. The molecule has 0 bridgehead atoms. The van der Waals surface area contributed by atoms with Gasteiger partial charge in [0.05, 0.1) is 0 Å². The Morgan fingerprint density at radius 2 is 1.10 bits per heavy atom. The van der Waals surface area contributed by atoms with Gasteiger partial charge < -0.3 is 19.5 Å². The van der Waals surface area contributed by atoms with Crippen molar-refractivity contribution in [1.29, 1.82) is 0 Å².